The second kappa shape index (κ2) is 8.86. The third-order valence-electron chi connectivity index (χ3n) is 4.48. The zero-order valence-corrected chi connectivity index (χ0v) is 16.1. The molecule has 1 aromatic carbocycles. The molecule has 0 radical (unpaired) electrons. The lowest BCUT2D eigenvalue weighted by Gasteiger charge is -2.36. The van der Waals surface area contributed by atoms with Crippen molar-refractivity contribution in [2.75, 3.05) is 29.9 Å². The summed E-state index contributed by atoms with van der Waals surface area (Å²) < 4.78 is 11.3. The van der Waals surface area contributed by atoms with Gasteiger partial charge in [-0.15, -0.1) is 0 Å². The van der Waals surface area contributed by atoms with Gasteiger partial charge in [0.2, 0.25) is 0 Å². The number of hydrogen-bond donors (Lipinski definition) is 1. The molecule has 3 rings (SSSR count). The molecule has 2 aromatic rings. The molecule has 27 heavy (non-hydrogen) atoms. The van der Waals surface area contributed by atoms with Crippen LogP contribution in [0.4, 0.5) is 11.5 Å². The van der Waals surface area contributed by atoms with Gasteiger partial charge >= 0.3 is 0 Å². The molecule has 2 unspecified atom stereocenters. The Morgan fingerprint density at radius 1 is 1.19 bits per heavy atom. The number of anilines is 2. The van der Waals surface area contributed by atoms with Crippen molar-refractivity contribution in [3.8, 4) is 5.75 Å². The van der Waals surface area contributed by atoms with Crippen molar-refractivity contribution in [3.05, 3.63) is 48.2 Å². The number of benzene rings is 1. The lowest BCUT2D eigenvalue weighted by Crippen LogP contribution is -2.45. The summed E-state index contributed by atoms with van der Waals surface area (Å²) in [5, 5.41) is 2.81. The Bertz CT molecular complexity index is 736. The number of pyridine rings is 1. The molecule has 0 aliphatic carbocycles. The number of carbonyl (C=O) groups excluding carboxylic acids is 1. The Morgan fingerprint density at radius 2 is 1.89 bits per heavy atom. The first-order valence-corrected chi connectivity index (χ1v) is 9.41. The first-order chi connectivity index (χ1) is 13.0. The summed E-state index contributed by atoms with van der Waals surface area (Å²) in [7, 11) is 0. The highest BCUT2D eigenvalue weighted by atomic mass is 16.5. The molecule has 1 amide bonds. The molecular formula is C21H27N3O3. The Hall–Kier alpha value is -2.60. The predicted molar refractivity (Wildman–Crippen MR) is 106 cm³/mol. The van der Waals surface area contributed by atoms with Crippen LogP contribution in [0.1, 0.15) is 26.3 Å². The summed E-state index contributed by atoms with van der Waals surface area (Å²) in [6.07, 6.45) is 3.01. The van der Waals surface area contributed by atoms with Gasteiger partial charge in [0.05, 0.1) is 24.1 Å². The fourth-order valence-electron chi connectivity index (χ4n) is 3.18. The smallest absolute Gasteiger partial charge is 0.262 e. The number of morpholine rings is 1. The molecule has 1 fully saturated rings. The maximum Gasteiger partial charge on any atom is 0.262 e. The number of amides is 1. The Balaban J connectivity index is 1.50. The van der Waals surface area contributed by atoms with Crippen LogP contribution in [0.15, 0.2) is 42.6 Å². The van der Waals surface area contributed by atoms with E-state index in [0.717, 1.165) is 25.3 Å². The van der Waals surface area contributed by atoms with E-state index in [-0.39, 0.29) is 24.7 Å². The summed E-state index contributed by atoms with van der Waals surface area (Å²) in [4.78, 5) is 18.8. The maximum absolute atomic E-state index is 12.1. The molecule has 1 aliphatic rings. The van der Waals surface area contributed by atoms with Crippen LogP contribution in [0.5, 0.6) is 5.75 Å². The highest BCUT2D eigenvalue weighted by molar-refractivity contribution is 5.91. The van der Waals surface area contributed by atoms with Crippen molar-refractivity contribution >= 4 is 17.4 Å². The molecule has 0 bridgehead atoms. The summed E-state index contributed by atoms with van der Waals surface area (Å²) >= 11 is 0. The summed E-state index contributed by atoms with van der Waals surface area (Å²) in [6.45, 7) is 7.82. The number of rotatable bonds is 6. The summed E-state index contributed by atoms with van der Waals surface area (Å²) in [5.41, 5.74) is 1.89. The van der Waals surface area contributed by atoms with Gasteiger partial charge in [0.25, 0.3) is 5.91 Å². The van der Waals surface area contributed by atoms with Crippen LogP contribution in [-0.4, -0.2) is 42.8 Å². The summed E-state index contributed by atoms with van der Waals surface area (Å²) in [6, 6.07) is 11.6. The highest BCUT2D eigenvalue weighted by Gasteiger charge is 2.23. The lowest BCUT2D eigenvalue weighted by molar-refractivity contribution is -0.118. The third-order valence-corrected chi connectivity index (χ3v) is 4.48. The van der Waals surface area contributed by atoms with Gasteiger partial charge in [0, 0.05) is 13.1 Å². The van der Waals surface area contributed by atoms with E-state index in [4.69, 9.17) is 9.47 Å². The van der Waals surface area contributed by atoms with Gasteiger partial charge in [-0.25, -0.2) is 4.98 Å². The molecule has 0 spiro atoms. The van der Waals surface area contributed by atoms with E-state index in [2.05, 4.69) is 36.0 Å². The minimum absolute atomic E-state index is 0.0360. The minimum Gasteiger partial charge on any atom is -0.484 e. The number of aryl methyl sites for hydroxylation is 1. The van der Waals surface area contributed by atoms with E-state index in [9.17, 15) is 4.79 Å². The van der Waals surface area contributed by atoms with Crippen molar-refractivity contribution in [3.63, 3.8) is 0 Å². The number of nitrogens with zero attached hydrogens (tertiary/aromatic N) is 2. The van der Waals surface area contributed by atoms with Crippen LogP contribution in [0.3, 0.4) is 0 Å². The van der Waals surface area contributed by atoms with Gasteiger partial charge in [-0.1, -0.05) is 19.1 Å². The van der Waals surface area contributed by atoms with Crippen molar-refractivity contribution in [2.24, 2.45) is 0 Å². The van der Waals surface area contributed by atoms with Crippen LogP contribution in [0.2, 0.25) is 0 Å². The van der Waals surface area contributed by atoms with Crippen LogP contribution >= 0.6 is 0 Å². The van der Waals surface area contributed by atoms with Gasteiger partial charge in [0.1, 0.15) is 11.6 Å². The van der Waals surface area contributed by atoms with E-state index < -0.39 is 0 Å². The van der Waals surface area contributed by atoms with E-state index >= 15 is 0 Å². The zero-order valence-electron chi connectivity index (χ0n) is 16.1. The summed E-state index contributed by atoms with van der Waals surface area (Å²) in [5.74, 6) is 1.37. The van der Waals surface area contributed by atoms with Crippen LogP contribution in [0, 0.1) is 0 Å². The van der Waals surface area contributed by atoms with E-state index in [1.165, 1.54) is 5.56 Å². The van der Waals surface area contributed by atoms with Crippen molar-refractivity contribution in [1.82, 2.24) is 4.98 Å². The Morgan fingerprint density at radius 3 is 2.48 bits per heavy atom. The van der Waals surface area contributed by atoms with Gasteiger partial charge in [-0.05, 0) is 50.1 Å². The number of nitrogens with one attached hydrogen (secondary N) is 1. The number of aromatic nitrogens is 1. The second-order valence-corrected chi connectivity index (χ2v) is 6.90. The largest absolute Gasteiger partial charge is 0.484 e. The first kappa shape index (κ1) is 19.2. The van der Waals surface area contributed by atoms with Crippen molar-refractivity contribution < 1.29 is 14.3 Å². The molecule has 2 atom stereocenters. The van der Waals surface area contributed by atoms with Gasteiger partial charge in [0.15, 0.2) is 6.61 Å². The maximum atomic E-state index is 12.1. The highest BCUT2D eigenvalue weighted by Crippen LogP contribution is 2.19. The topological polar surface area (TPSA) is 63.7 Å². The predicted octanol–water partition coefficient (Wildman–Crippen LogP) is 3.28. The average molecular weight is 369 g/mol. The molecule has 1 N–H and O–H groups in total. The van der Waals surface area contributed by atoms with E-state index in [0.29, 0.717) is 11.4 Å². The van der Waals surface area contributed by atoms with Crippen LogP contribution < -0.4 is 15.0 Å². The quantitative estimate of drug-likeness (QED) is 0.847. The Kier molecular flexibility index (Phi) is 6.29. The molecule has 1 saturated heterocycles. The zero-order chi connectivity index (χ0) is 19.2. The second-order valence-electron chi connectivity index (χ2n) is 6.90. The fraction of sp³-hybridized carbons (Fsp3) is 0.429. The fourth-order valence-corrected chi connectivity index (χ4v) is 3.18. The molecule has 144 valence electrons. The minimum atomic E-state index is -0.210. The lowest BCUT2D eigenvalue weighted by atomic mass is 10.2. The monoisotopic (exact) mass is 369 g/mol. The third kappa shape index (κ3) is 5.44. The van der Waals surface area contributed by atoms with Gasteiger partial charge < -0.3 is 19.7 Å². The molecule has 2 heterocycles. The van der Waals surface area contributed by atoms with Gasteiger partial charge in [-0.2, -0.15) is 0 Å². The molecule has 6 nitrogen and oxygen atoms in total. The number of carbonyl (C=O) groups is 1. The van der Waals surface area contributed by atoms with Crippen molar-refractivity contribution in [1.29, 1.82) is 0 Å². The molecule has 1 aliphatic heterocycles. The Labute approximate surface area is 160 Å². The van der Waals surface area contributed by atoms with Gasteiger partial charge in [-0.3, -0.25) is 4.79 Å². The standard InChI is InChI=1S/C21H27N3O3/c1-4-17-5-8-19(9-6-17)26-14-21(25)23-18-7-10-20(22-11-18)24-12-15(2)27-16(3)13-24/h5-11,15-16H,4,12-14H2,1-3H3,(H,23,25). The van der Waals surface area contributed by atoms with Crippen LogP contribution in [-0.2, 0) is 16.0 Å². The van der Waals surface area contributed by atoms with E-state index in [1.54, 1.807) is 6.20 Å². The molecule has 0 saturated carbocycles. The first-order valence-electron chi connectivity index (χ1n) is 9.41. The van der Waals surface area contributed by atoms with Crippen molar-refractivity contribution in [2.45, 2.75) is 39.4 Å². The molecule has 6 heteroatoms. The normalized spacial score (nSPS) is 19.6. The van der Waals surface area contributed by atoms with E-state index in [1.807, 2.05) is 36.4 Å². The molecular weight excluding hydrogens is 342 g/mol. The number of hydrogen-bond acceptors (Lipinski definition) is 5. The van der Waals surface area contributed by atoms with Crippen LogP contribution in [0.25, 0.3) is 0 Å². The average Bonchev–Trinajstić information content (AvgIpc) is 2.66. The number of ether oxygens (including phenoxy) is 2. The SMILES string of the molecule is CCc1ccc(OCC(=O)Nc2ccc(N3CC(C)OC(C)C3)nc2)cc1. The molecule has 1 aromatic heterocycles.